The molecule has 10 nitrogen and oxygen atoms in total. The van der Waals surface area contributed by atoms with Crippen molar-refractivity contribution in [3.05, 3.63) is 68.5 Å². The molecule has 0 spiro atoms. The maximum Gasteiger partial charge on any atom is 0.349 e. The summed E-state index contributed by atoms with van der Waals surface area (Å²) in [6.07, 6.45) is 9.27. The smallest absolute Gasteiger partial charge is 0.349 e. The van der Waals surface area contributed by atoms with E-state index in [-0.39, 0.29) is 31.9 Å². The van der Waals surface area contributed by atoms with Crippen LogP contribution in [0.15, 0.2) is 46.0 Å². The Morgan fingerprint density at radius 1 is 0.951 bits per heavy atom. The van der Waals surface area contributed by atoms with Crippen LogP contribution in [0.25, 0.3) is 0 Å². The molecule has 0 radical (unpaired) electrons. The van der Waals surface area contributed by atoms with Gasteiger partial charge in [-0.05, 0) is 77.5 Å². The third kappa shape index (κ3) is 11.0. The maximum atomic E-state index is 13.2. The van der Waals surface area contributed by atoms with Gasteiger partial charge in [0.25, 0.3) is 5.56 Å². The molecule has 1 aromatic heterocycles. The number of aryl methyl sites for hydroxylation is 2. The highest BCUT2D eigenvalue weighted by molar-refractivity contribution is 5.81. The van der Waals surface area contributed by atoms with Crippen molar-refractivity contribution in [2.24, 2.45) is 0 Å². The Labute approximate surface area is 242 Å². The first kappa shape index (κ1) is 33.5. The Morgan fingerprint density at radius 2 is 1.68 bits per heavy atom. The molecule has 0 aliphatic heterocycles. The average Bonchev–Trinajstić information content (AvgIpc) is 2.93. The summed E-state index contributed by atoms with van der Waals surface area (Å²) in [5.41, 5.74) is -0.593. The summed E-state index contributed by atoms with van der Waals surface area (Å²) in [5.74, 6) is -0.357. The summed E-state index contributed by atoms with van der Waals surface area (Å²) in [6, 6.07) is 7.52. The highest BCUT2D eigenvalue weighted by Gasteiger charge is 2.31. The topological polar surface area (TPSA) is 119 Å². The second-order valence-corrected chi connectivity index (χ2v) is 10.3. The molecule has 10 heteroatoms. The molecule has 0 fully saturated rings. The van der Waals surface area contributed by atoms with E-state index in [0.29, 0.717) is 30.7 Å². The second kappa shape index (κ2) is 17.2. The van der Waals surface area contributed by atoms with Crippen LogP contribution < -0.4 is 16.0 Å². The van der Waals surface area contributed by atoms with Gasteiger partial charge in [-0.15, -0.1) is 0 Å². The molecule has 226 valence electrons. The van der Waals surface area contributed by atoms with Gasteiger partial charge in [0.05, 0.1) is 19.8 Å². The second-order valence-electron chi connectivity index (χ2n) is 10.3. The molecular formula is C31H45N3O7. The highest BCUT2D eigenvalue weighted by Crippen LogP contribution is 2.22. The van der Waals surface area contributed by atoms with Gasteiger partial charge in [-0.1, -0.05) is 44.4 Å². The zero-order valence-electron chi connectivity index (χ0n) is 25.1. The number of ether oxygens (including phenoxy) is 3. The fourth-order valence-corrected chi connectivity index (χ4v) is 4.25. The van der Waals surface area contributed by atoms with Gasteiger partial charge in [-0.2, -0.15) is 5.10 Å². The van der Waals surface area contributed by atoms with Crippen molar-refractivity contribution in [3.8, 4) is 5.75 Å². The molecule has 0 bridgehead atoms. The number of nitrogens with zero attached hydrogens (tertiary/aromatic N) is 3. The Bertz CT molecular complexity index is 1280. The van der Waals surface area contributed by atoms with E-state index in [1.165, 1.54) is 21.4 Å². The van der Waals surface area contributed by atoms with E-state index in [9.17, 15) is 19.2 Å². The predicted molar refractivity (Wildman–Crippen MR) is 157 cm³/mol. The summed E-state index contributed by atoms with van der Waals surface area (Å²) in [6.45, 7) is 9.79. The molecule has 0 saturated carbocycles. The Morgan fingerprint density at radius 3 is 2.39 bits per heavy atom. The molecule has 2 rings (SSSR count). The lowest BCUT2D eigenvalue weighted by Gasteiger charge is -2.24. The predicted octanol–water partition coefficient (Wildman–Crippen LogP) is 4.39. The van der Waals surface area contributed by atoms with Gasteiger partial charge in [0.1, 0.15) is 11.4 Å². The third-order valence-electron chi connectivity index (χ3n) is 6.41. The zero-order chi connectivity index (χ0) is 30.3. The maximum absolute atomic E-state index is 13.2. The molecule has 41 heavy (non-hydrogen) atoms. The third-order valence-corrected chi connectivity index (χ3v) is 6.41. The van der Waals surface area contributed by atoms with Crippen molar-refractivity contribution < 1.29 is 23.8 Å². The van der Waals surface area contributed by atoms with E-state index in [4.69, 9.17) is 14.2 Å². The number of rotatable bonds is 18. The van der Waals surface area contributed by atoms with E-state index in [1.807, 2.05) is 18.2 Å². The first-order valence-electron chi connectivity index (χ1n) is 14.6. The molecule has 1 aromatic carbocycles. The summed E-state index contributed by atoms with van der Waals surface area (Å²) < 4.78 is 18.4. The molecule has 0 saturated heterocycles. The van der Waals surface area contributed by atoms with E-state index < -0.39 is 23.2 Å². The molecule has 0 amide bonds. The normalized spacial score (nSPS) is 11.5. The van der Waals surface area contributed by atoms with Gasteiger partial charge < -0.3 is 14.2 Å². The monoisotopic (exact) mass is 571 g/mol. The fraction of sp³-hybridized carbons (Fsp3) is 0.581. The number of hydrogen-bond donors (Lipinski definition) is 0. The largest absolute Gasteiger partial charge is 0.476 e. The number of allylic oxidation sites excluding steroid dienone is 1. The van der Waals surface area contributed by atoms with Gasteiger partial charge in [0.15, 0.2) is 5.60 Å². The van der Waals surface area contributed by atoms with Gasteiger partial charge >= 0.3 is 17.6 Å². The van der Waals surface area contributed by atoms with Crippen LogP contribution in [-0.2, 0) is 45.0 Å². The van der Waals surface area contributed by atoms with Crippen LogP contribution in [-0.4, -0.2) is 45.1 Å². The number of benzene rings is 1. The lowest BCUT2D eigenvalue weighted by atomic mass is 10.1. The van der Waals surface area contributed by atoms with Crippen molar-refractivity contribution in [2.75, 3.05) is 13.2 Å². The number of unbranched alkanes of at least 4 members (excludes halogenated alkanes) is 4. The summed E-state index contributed by atoms with van der Waals surface area (Å²) in [5, 5.41) is 4.33. The van der Waals surface area contributed by atoms with E-state index in [2.05, 4.69) is 12.0 Å². The summed E-state index contributed by atoms with van der Waals surface area (Å²) in [7, 11) is 0. The zero-order valence-corrected chi connectivity index (χ0v) is 25.1. The minimum absolute atomic E-state index is 0.0643. The fourth-order valence-electron chi connectivity index (χ4n) is 4.25. The van der Waals surface area contributed by atoms with E-state index in [0.717, 1.165) is 37.7 Å². The van der Waals surface area contributed by atoms with Crippen LogP contribution in [0.5, 0.6) is 5.75 Å². The van der Waals surface area contributed by atoms with Crippen LogP contribution in [0.4, 0.5) is 0 Å². The number of carbonyl (C=O) groups excluding carboxylic acids is 2. The number of esters is 2. The Kier molecular flexibility index (Phi) is 14.1. The molecular weight excluding hydrogens is 526 g/mol. The van der Waals surface area contributed by atoms with E-state index in [1.54, 1.807) is 33.8 Å². The number of hydrogen-bond acceptors (Lipinski definition) is 8. The average molecular weight is 572 g/mol. The van der Waals surface area contributed by atoms with Crippen molar-refractivity contribution >= 4 is 11.9 Å². The first-order valence-corrected chi connectivity index (χ1v) is 14.6. The van der Waals surface area contributed by atoms with Crippen molar-refractivity contribution in [1.29, 1.82) is 0 Å². The first-order chi connectivity index (χ1) is 19.6. The SMILES string of the molecule is CCCCCCc1nn(CC=CC(=O)OCC)c(=O)n(CCCCc2cccc(OC(C)(C)C(=O)OCC)c2)c1=O. The minimum atomic E-state index is -1.11. The van der Waals surface area contributed by atoms with Crippen LogP contribution in [0.1, 0.15) is 84.4 Å². The van der Waals surface area contributed by atoms with Crippen LogP contribution in [0.3, 0.4) is 0 Å². The van der Waals surface area contributed by atoms with Crippen molar-refractivity contribution in [3.63, 3.8) is 0 Å². The highest BCUT2D eigenvalue weighted by atomic mass is 16.6. The molecule has 0 atom stereocenters. The van der Waals surface area contributed by atoms with Gasteiger partial charge in [-0.3, -0.25) is 9.36 Å². The molecule has 0 unspecified atom stereocenters. The standard InChI is InChI=1S/C31H45N3O7/c1-6-9-10-11-19-26-28(36)33(30(38)34(32-26)22-15-20-27(35)39-7-2)21-13-12-16-24-17-14-18-25(23-24)41-31(4,5)29(37)40-8-3/h14-15,17-18,20,23H,6-13,16,19,21-22H2,1-5H3. The van der Waals surface area contributed by atoms with Crippen LogP contribution in [0, 0.1) is 0 Å². The van der Waals surface area contributed by atoms with Crippen molar-refractivity contribution in [2.45, 2.75) is 105 Å². The molecule has 1 heterocycles. The molecule has 2 aromatic rings. The summed E-state index contributed by atoms with van der Waals surface area (Å²) >= 11 is 0. The van der Waals surface area contributed by atoms with Crippen LogP contribution >= 0.6 is 0 Å². The molecule has 0 N–H and O–H groups in total. The molecule has 0 aliphatic carbocycles. The lowest BCUT2D eigenvalue weighted by molar-refractivity contribution is -0.158. The summed E-state index contributed by atoms with van der Waals surface area (Å²) in [4.78, 5) is 50.1. The van der Waals surface area contributed by atoms with Gasteiger partial charge in [0.2, 0.25) is 0 Å². The molecule has 0 aliphatic rings. The van der Waals surface area contributed by atoms with Crippen LogP contribution in [0.2, 0.25) is 0 Å². The van der Waals surface area contributed by atoms with Crippen molar-refractivity contribution in [1.82, 2.24) is 14.3 Å². The van der Waals surface area contributed by atoms with Gasteiger partial charge in [0, 0.05) is 12.6 Å². The lowest BCUT2D eigenvalue weighted by Crippen LogP contribution is -2.43. The Balaban J connectivity index is 2.11. The van der Waals surface area contributed by atoms with Gasteiger partial charge in [-0.25, -0.2) is 19.1 Å². The number of aromatic nitrogens is 3. The minimum Gasteiger partial charge on any atom is -0.476 e. The van der Waals surface area contributed by atoms with E-state index >= 15 is 0 Å². The number of carbonyl (C=O) groups is 2. The Hall–Kier alpha value is -3.69. The quantitative estimate of drug-likeness (QED) is 0.147.